The van der Waals surface area contributed by atoms with Crippen LogP contribution in [0.3, 0.4) is 0 Å². The Kier molecular flexibility index (Phi) is 5.95. The number of hydrogen-bond donors (Lipinski definition) is 1. The van der Waals surface area contributed by atoms with Crippen LogP contribution in [0.5, 0.6) is 0 Å². The highest BCUT2D eigenvalue weighted by Gasteiger charge is 2.17. The zero-order valence-corrected chi connectivity index (χ0v) is 15.1. The molecule has 2 aromatic rings. The number of nitrogens with zero attached hydrogens (tertiary/aromatic N) is 4. The van der Waals surface area contributed by atoms with Crippen LogP contribution in [-0.4, -0.2) is 65.0 Å². The van der Waals surface area contributed by atoms with E-state index in [-0.39, 0.29) is 5.91 Å². The van der Waals surface area contributed by atoms with Gasteiger partial charge in [-0.2, -0.15) is 0 Å². The van der Waals surface area contributed by atoms with Gasteiger partial charge in [-0.25, -0.2) is 0 Å². The molecule has 1 aliphatic heterocycles. The van der Waals surface area contributed by atoms with Gasteiger partial charge in [0.1, 0.15) is 0 Å². The van der Waals surface area contributed by atoms with Gasteiger partial charge in [0.2, 0.25) is 17.4 Å². The zero-order valence-electron chi connectivity index (χ0n) is 13.5. The first-order chi connectivity index (χ1) is 12.2. The number of nitrogens with one attached hydrogen (secondary N) is 1. The van der Waals surface area contributed by atoms with Crippen molar-refractivity contribution in [3.63, 3.8) is 0 Å². The summed E-state index contributed by atoms with van der Waals surface area (Å²) in [5, 5.41) is 12.6. The van der Waals surface area contributed by atoms with Gasteiger partial charge in [-0.3, -0.25) is 14.5 Å². The lowest BCUT2D eigenvalue weighted by Crippen LogP contribution is -2.46. The fourth-order valence-electron chi connectivity index (χ4n) is 2.55. The summed E-state index contributed by atoms with van der Waals surface area (Å²) < 4.78 is 0. The second-order valence-electron chi connectivity index (χ2n) is 5.67. The maximum Gasteiger partial charge on any atom is 0.227 e. The first kappa shape index (κ1) is 17.8. The molecule has 1 fully saturated rings. The van der Waals surface area contributed by atoms with Crippen LogP contribution in [0.15, 0.2) is 24.3 Å². The predicted octanol–water partition coefficient (Wildman–Crippen LogP) is 1.96. The van der Waals surface area contributed by atoms with Crippen molar-refractivity contribution < 1.29 is 9.59 Å². The largest absolute Gasteiger partial charge is 0.343 e. The second-order valence-corrected chi connectivity index (χ2v) is 7.06. The lowest BCUT2D eigenvalue weighted by atomic mass is 10.2. The summed E-state index contributed by atoms with van der Waals surface area (Å²) in [5.74, 6) is -0.0975. The Bertz CT molecular complexity index is 746. The second kappa shape index (κ2) is 8.37. The maximum atomic E-state index is 12.1. The van der Waals surface area contributed by atoms with Gasteiger partial charge in [-0.1, -0.05) is 41.1 Å². The topological polar surface area (TPSA) is 78.4 Å². The fourth-order valence-corrected chi connectivity index (χ4v) is 3.63. The molecule has 0 atom stereocenters. The molecule has 7 nitrogen and oxygen atoms in total. The summed E-state index contributed by atoms with van der Waals surface area (Å²) in [6.07, 6.45) is 1.25. The van der Waals surface area contributed by atoms with Crippen LogP contribution in [0.2, 0.25) is 5.02 Å². The monoisotopic (exact) mass is 379 g/mol. The highest BCUT2D eigenvalue weighted by molar-refractivity contribution is 7.18. The molecule has 0 saturated carbocycles. The number of carbonyl (C=O) groups excluding carboxylic acids is 2. The molecular weight excluding hydrogens is 362 g/mol. The van der Waals surface area contributed by atoms with Crippen molar-refractivity contribution in [2.75, 3.05) is 38.0 Å². The number of rotatable bonds is 6. The summed E-state index contributed by atoms with van der Waals surface area (Å²) in [6.45, 7) is 3.67. The molecule has 0 unspecified atom stereocenters. The minimum atomic E-state index is -0.0975. The molecule has 3 rings (SSSR count). The molecule has 0 aliphatic carbocycles. The van der Waals surface area contributed by atoms with Crippen molar-refractivity contribution in [1.29, 1.82) is 0 Å². The Labute approximate surface area is 154 Å². The molecule has 2 heterocycles. The van der Waals surface area contributed by atoms with Gasteiger partial charge < -0.3 is 10.2 Å². The highest BCUT2D eigenvalue weighted by atomic mass is 35.5. The molecule has 1 N–H and O–H groups in total. The third-order valence-corrected chi connectivity index (χ3v) is 5.19. The van der Waals surface area contributed by atoms with E-state index in [0.717, 1.165) is 25.1 Å². The van der Waals surface area contributed by atoms with Gasteiger partial charge >= 0.3 is 0 Å². The normalized spacial score (nSPS) is 15.2. The minimum Gasteiger partial charge on any atom is -0.343 e. The van der Waals surface area contributed by atoms with E-state index in [4.69, 9.17) is 11.6 Å². The molecular formula is C16H18ClN5O2S. The molecule has 1 aromatic heterocycles. The van der Waals surface area contributed by atoms with Crippen molar-refractivity contribution in [2.24, 2.45) is 0 Å². The highest BCUT2D eigenvalue weighted by Crippen LogP contribution is 2.31. The van der Waals surface area contributed by atoms with Crippen LogP contribution < -0.4 is 5.32 Å². The van der Waals surface area contributed by atoms with E-state index in [1.807, 2.05) is 18.2 Å². The van der Waals surface area contributed by atoms with Crippen molar-refractivity contribution in [3.8, 4) is 10.6 Å². The van der Waals surface area contributed by atoms with Crippen LogP contribution in [0.25, 0.3) is 10.6 Å². The van der Waals surface area contributed by atoms with Gasteiger partial charge in [0, 0.05) is 44.7 Å². The van der Waals surface area contributed by atoms with Crippen LogP contribution in [0.4, 0.5) is 5.13 Å². The Hall–Kier alpha value is -2.03. The number of benzene rings is 1. The van der Waals surface area contributed by atoms with E-state index in [1.54, 1.807) is 11.0 Å². The Morgan fingerprint density at radius 3 is 2.72 bits per heavy atom. The summed E-state index contributed by atoms with van der Waals surface area (Å²) in [6, 6.07) is 7.39. The number of anilines is 1. The minimum absolute atomic E-state index is 0.0975. The van der Waals surface area contributed by atoms with Gasteiger partial charge in [-0.05, 0) is 6.07 Å². The lowest BCUT2D eigenvalue weighted by molar-refractivity contribution is -0.120. The fraction of sp³-hybridized carbons (Fsp3) is 0.375. The number of aromatic nitrogens is 2. The third kappa shape index (κ3) is 4.75. The molecule has 132 valence electrons. The SMILES string of the molecule is O=CN1CCN(CCC(=O)Nc2nnc(-c3ccccc3Cl)s2)CC1. The summed E-state index contributed by atoms with van der Waals surface area (Å²) >= 11 is 7.45. The molecule has 2 amide bonds. The summed E-state index contributed by atoms with van der Waals surface area (Å²) in [5.41, 5.74) is 0.801. The maximum absolute atomic E-state index is 12.1. The van der Waals surface area contributed by atoms with Crippen molar-refractivity contribution in [2.45, 2.75) is 6.42 Å². The van der Waals surface area contributed by atoms with Crippen molar-refractivity contribution in [3.05, 3.63) is 29.3 Å². The predicted molar refractivity (Wildman–Crippen MR) is 97.7 cm³/mol. The number of hydrogen-bond acceptors (Lipinski definition) is 6. The molecule has 25 heavy (non-hydrogen) atoms. The number of piperazine rings is 1. The quantitative estimate of drug-likeness (QED) is 0.776. The number of amides is 2. The van der Waals surface area contributed by atoms with E-state index in [9.17, 15) is 9.59 Å². The van der Waals surface area contributed by atoms with Crippen molar-refractivity contribution >= 4 is 40.4 Å². The Balaban J connectivity index is 1.49. The molecule has 9 heteroatoms. The average Bonchev–Trinajstić information content (AvgIpc) is 3.09. The Morgan fingerprint density at radius 2 is 2.00 bits per heavy atom. The molecule has 1 aromatic carbocycles. The van der Waals surface area contributed by atoms with E-state index >= 15 is 0 Å². The first-order valence-corrected chi connectivity index (χ1v) is 9.15. The molecule has 0 radical (unpaired) electrons. The van der Waals surface area contributed by atoms with E-state index in [0.29, 0.717) is 41.2 Å². The number of halogens is 1. The Morgan fingerprint density at radius 1 is 1.24 bits per heavy atom. The molecule has 1 aliphatic rings. The average molecular weight is 380 g/mol. The van der Waals surface area contributed by atoms with Gasteiger partial charge in [-0.15, -0.1) is 10.2 Å². The van der Waals surface area contributed by atoms with Crippen molar-refractivity contribution in [1.82, 2.24) is 20.0 Å². The molecule has 0 bridgehead atoms. The van der Waals surface area contributed by atoms with Crippen LogP contribution in [0.1, 0.15) is 6.42 Å². The van der Waals surface area contributed by atoms with Gasteiger partial charge in [0.25, 0.3) is 0 Å². The molecule has 1 saturated heterocycles. The van der Waals surface area contributed by atoms with Gasteiger partial charge in [0.05, 0.1) is 5.02 Å². The third-order valence-electron chi connectivity index (χ3n) is 3.99. The van der Waals surface area contributed by atoms with E-state index < -0.39 is 0 Å². The lowest BCUT2D eigenvalue weighted by Gasteiger charge is -2.32. The van der Waals surface area contributed by atoms with Crippen LogP contribution in [-0.2, 0) is 9.59 Å². The van der Waals surface area contributed by atoms with Crippen LogP contribution in [0, 0.1) is 0 Å². The standard InChI is InChI=1S/C16H18ClN5O2S/c17-13-4-2-1-3-12(13)15-19-20-16(25-15)18-14(24)5-6-21-7-9-22(11-23)10-8-21/h1-4,11H,5-10H2,(H,18,20,24). The summed E-state index contributed by atoms with van der Waals surface area (Å²) in [7, 11) is 0. The van der Waals surface area contributed by atoms with E-state index in [1.165, 1.54) is 11.3 Å². The first-order valence-electron chi connectivity index (χ1n) is 7.95. The molecule has 0 spiro atoms. The zero-order chi connectivity index (χ0) is 17.6. The summed E-state index contributed by atoms with van der Waals surface area (Å²) in [4.78, 5) is 26.7. The van der Waals surface area contributed by atoms with Crippen LogP contribution >= 0.6 is 22.9 Å². The number of carbonyl (C=O) groups is 2. The smallest absolute Gasteiger partial charge is 0.227 e. The van der Waals surface area contributed by atoms with E-state index in [2.05, 4.69) is 20.4 Å². The van der Waals surface area contributed by atoms with Gasteiger partial charge in [0.15, 0.2) is 5.01 Å².